The number of fused-ring (bicyclic) bond motifs is 1. The molecule has 0 atom stereocenters. The summed E-state index contributed by atoms with van der Waals surface area (Å²) in [7, 11) is 0. The van der Waals surface area contributed by atoms with Gasteiger partial charge in [0, 0.05) is 36.7 Å². The van der Waals surface area contributed by atoms with Crippen molar-refractivity contribution in [2.24, 2.45) is 5.92 Å². The van der Waals surface area contributed by atoms with Gasteiger partial charge in [-0.2, -0.15) is 5.10 Å². The first-order chi connectivity index (χ1) is 11.2. The Balaban J connectivity index is 1.47. The number of aromatic amines is 1. The monoisotopic (exact) mass is 314 g/mol. The summed E-state index contributed by atoms with van der Waals surface area (Å²) in [6.07, 6.45) is 4.26. The lowest BCUT2D eigenvalue weighted by molar-refractivity contribution is -0.133. The highest BCUT2D eigenvalue weighted by atomic mass is 16.3. The van der Waals surface area contributed by atoms with Crippen molar-refractivity contribution in [1.29, 1.82) is 0 Å². The van der Waals surface area contributed by atoms with Gasteiger partial charge in [-0.1, -0.05) is 0 Å². The molecule has 7 heteroatoms. The van der Waals surface area contributed by atoms with E-state index in [9.17, 15) is 9.59 Å². The number of amides is 2. The number of rotatable bonds is 4. The SMILES string of the molecule is O=C(NCc1ccco1)c1n[nH]c2c1CN(C(=O)C1CC1)CC2. The molecule has 2 aromatic heterocycles. The smallest absolute Gasteiger partial charge is 0.272 e. The number of H-pyrrole nitrogens is 1. The molecule has 0 radical (unpaired) electrons. The Labute approximate surface area is 133 Å². The number of nitrogens with one attached hydrogen (secondary N) is 2. The first-order valence-electron chi connectivity index (χ1n) is 7.88. The van der Waals surface area contributed by atoms with Crippen LogP contribution in [0.4, 0.5) is 0 Å². The predicted molar refractivity (Wildman–Crippen MR) is 80.3 cm³/mol. The van der Waals surface area contributed by atoms with Gasteiger partial charge in [0.2, 0.25) is 5.91 Å². The van der Waals surface area contributed by atoms with Crippen LogP contribution >= 0.6 is 0 Å². The van der Waals surface area contributed by atoms with Gasteiger partial charge in [-0.3, -0.25) is 14.7 Å². The lowest BCUT2D eigenvalue weighted by Crippen LogP contribution is -2.37. The molecule has 0 bridgehead atoms. The van der Waals surface area contributed by atoms with Gasteiger partial charge in [0.1, 0.15) is 5.76 Å². The maximum atomic E-state index is 12.4. The van der Waals surface area contributed by atoms with Crippen LogP contribution in [0.1, 0.15) is 40.3 Å². The number of carbonyl (C=O) groups excluding carboxylic acids is 2. The Morgan fingerprint density at radius 2 is 2.30 bits per heavy atom. The summed E-state index contributed by atoms with van der Waals surface area (Å²) >= 11 is 0. The highest BCUT2D eigenvalue weighted by Crippen LogP contribution is 2.33. The molecule has 0 aromatic carbocycles. The minimum Gasteiger partial charge on any atom is -0.467 e. The van der Waals surface area contributed by atoms with Crippen LogP contribution in [0.5, 0.6) is 0 Å². The van der Waals surface area contributed by atoms with Crippen LogP contribution in [0.3, 0.4) is 0 Å². The molecule has 2 aromatic rings. The minimum atomic E-state index is -0.250. The molecule has 2 N–H and O–H groups in total. The third-order valence-electron chi connectivity index (χ3n) is 4.39. The van der Waals surface area contributed by atoms with Crippen molar-refractivity contribution < 1.29 is 14.0 Å². The molecule has 1 aliphatic heterocycles. The minimum absolute atomic E-state index is 0.194. The zero-order valence-corrected chi connectivity index (χ0v) is 12.7. The fraction of sp³-hybridized carbons (Fsp3) is 0.438. The summed E-state index contributed by atoms with van der Waals surface area (Å²) in [6, 6.07) is 3.58. The van der Waals surface area contributed by atoms with Gasteiger partial charge in [0.05, 0.1) is 12.8 Å². The van der Waals surface area contributed by atoms with Crippen molar-refractivity contribution in [3.8, 4) is 0 Å². The van der Waals surface area contributed by atoms with E-state index in [1.807, 2.05) is 4.90 Å². The molecule has 23 heavy (non-hydrogen) atoms. The lowest BCUT2D eigenvalue weighted by atomic mass is 10.0. The van der Waals surface area contributed by atoms with Gasteiger partial charge >= 0.3 is 0 Å². The van der Waals surface area contributed by atoms with Crippen molar-refractivity contribution in [3.05, 3.63) is 41.1 Å². The second kappa shape index (κ2) is 5.57. The molecule has 0 saturated heterocycles. The van der Waals surface area contributed by atoms with E-state index in [4.69, 9.17) is 4.42 Å². The molecule has 0 spiro atoms. The van der Waals surface area contributed by atoms with Crippen LogP contribution in [0, 0.1) is 5.92 Å². The Hall–Kier alpha value is -2.57. The van der Waals surface area contributed by atoms with E-state index >= 15 is 0 Å². The van der Waals surface area contributed by atoms with Crippen LogP contribution in [0.2, 0.25) is 0 Å². The fourth-order valence-electron chi connectivity index (χ4n) is 2.92. The van der Waals surface area contributed by atoms with Gasteiger partial charge in [-0.25, -0.2) is 0 Å². The van der Waals surface area contributed by atoms with E-state index in [2.05, 4.69) is 15.5 Å². The van der Waals surface area contributed by atoms with Gasteiger partial charge < -0.3 is 14.6 Å². The highest BCUT2D eigenvalue weighted by Gasteiger charge is 2.36. The third-order valence-corrected chi connectivity index (χ3v) is 4.39. The molecule has 4 rings (SSSR count). The summed E-state index contributed by atoms with van der Waals surface area (Å²) in [5.41, 5.74) is 2.16. The maximum Gasteiger partial charge on any atom is 0.272 e. The third kappa shape index (κ3) is 2.74. The Morgan fingerprint density at radius 3 is 3.04 bits per heavy atom. The summed E-state index contributed by atoms with van der Waals surface area (Å²) in [4.78, 5) is 26.4. The van der Waals surface area contributed by atoms with Gasteiger partial charge in [-0.05, 0) is 25.0 Å². The zero-order chi connectivity index (χ0) is 15.8. The Morgan fingerprint density at radius 1 is 1.43 bits per heavy atom. The zero-order valence-electron chi connectivity index (χ0n) is 12.7. The first-order valence-corrected chi connectivity index (χ1v) is 7.88. The van der Waals surface area contributed by atoms with E-state index in [1.54, 1.807) is 18.4 Å². The standard InChI is InChI=1S/C16H18N4O3/c21-15(17-8-11-2-1-7-23-11)14-12-9-20(16(22)10-3-4-10)6-5-13(12)18-19-14/h1-2,7,10H,3-6,8-9H2,(H,17,21)(H,18,19). The van der Waals surface area contributed by atoms with Crippen LogP contribution in [-0.4, -0.2) is 33.5 Å². The maximum absolute atomic E-state index is 12.4. The van der Waals surface area contributed by atoms with Crippen molar-refractivity contribution in [2.75, 3.05) is 6.54 Å². The number of hydrogen-bond acceptors (Lipinski definition) is 4. The second-order valence-electron chi connectivity index (χ2n) is 6.08. The molecule has 7 nitrogen and oxygen atoms in total. The van der Waals surface area contributed by atoms with Crippen LogP contribution in [0.25, 0.3) is 0 Å². The molecule has 0 unspecified atom stereocenters. The van der Waals surface area contributed by atoms with E-state index < -0.39 is 0 Å². The highest BCUT2D eigenvalue weighted by molar-refractivity contribution is 5.94. The molecule has 2 amide bonds. The van der Waals surface area contributed by atoms with E-state index in [0.717, 1.165) is 24.1 Å². The fourth-order valence-corrected chi connectivity index (χ4v) is 2.92. The Bertz CT molecular complexity index is 731. The van der Waals surface area contributed by atoms with Crippen LogP contribution in [0.15, 0.2) is 22.8 Å². The second-order valence-corrected chi connectivity index (χ2v) is 6.08. The van der Waals surface area contributed by atoms with Gasteiger partial charge in [0.25, 0.3) is 5.91 Å². The number of carbonyl (C=O) groups is 2. The summed E-state index contributed by atoms with van der Waals surface area (Å²) in [5.74, 6) is 0.839. The summed E-state index contributed by atoms with van der Waals surface area (Å²) in [5, 5.41) is 9.88. The van der Waals surface area contributed by atoms with Crippen LogP contribution in [-0.2, 0) is 24.3 Å². The molecule has 1 aliphatic carbocycles. The average molecular weight is 314 g/mol. The number of furan rings is 1. The van der Waals surface area contributed by atoms with Crippen molar-refractivity contribution in [3.63, 3.8) is 0 Å². The molecule has 120 valence electrons. The largest absolute Gasteiger partial charge is 0.467 e. The lowest BCUT2D eigenvalue weighted by Gasteiger charge is -2.27. The predicted octanol–water partition coefficient (Wildman–Crippen LogP) is 1.23. The van der Waals surface area contributed by atoms with E-state index in [0.29, 0.717) is 37.5 Å². The Kier molecular flexibility index (Phi) is 3.40. The normalized spacial score (nSPS) is 17.0. The van der Waals surface area contributed by atoms with Crippen LogP contribution < -0.4 is 5.32 Å². The molecular weight excluding hydrogens is 296 g/mol. The summed E-state index contributed by atoms with van der Waals surface area (Å²) in [6.45, 7) is 1.47. The van der Waals surface area contributed by atoms with Crippen molar-refractivity contribution in [2.45, 2.75) is 32.4 Å². The average Bonchev–Trinajstić information content (AvgIpc) is 3.12. The molecule has 1 saturated carbocycles. The first kappa shape index (κ1) is 14.0. The van der Waals surface area contributed by atoms with Crippen molar-refractivity contribution in [1.82, 2.24) is 20.4 Å². The van der Waals surface area contributed by atoms with E-state index in [1.165, 1.54) is 0 Å². The summed E-state index contributed by atoms with van der Waals surface area (Å²) < 4.78 is 5.20. The molecule has 2 aliphatic rings. The number of nitrogens with zero attached hydrogens (tertiary/aromatic N) is 2. The molecule has 1 fully saturated rings. The quantitative estimate of drug-likeness (QED) is 0.888. The topological polar surface area (TPSA) is 91.2 Å². The number of hydrogen-bond donors (Lipinski definition) is 2. The molecular formula is C16H18N4O3. The molecule has 3 heterocycles. The van der Waals surface area contributed by atoms with E-state index in [-0.39, 0.29) is 17.7 Å². The van der Waals surface area contributed by atoms with Gasteiger partial charge in [0.15, 0.2) is 5.69 Å². The van der Waals surface area contributed by atoms with Crippen molar-refractivity contribution >= 4 is 11.8 Å². The van der Waals surface area contributed by atoms with Gasteiger partial charge in [-0.15, -0.1) is 0 Å². The number of aromatic nitrogens is 2.